The monoisotopic (exact) mass is 383 g/mol. The molecule has 6 heteroatoms. The van der Waals surface area contributed by atoms with Crippen LogP contribution in [0.3, 0.4) is 0 Å². The summed E-state index contributed by atoms with van der Waals surface area (Å²) in [6, 6.07) is 15.2. The summed E-state index contributed by atoms with van der Waals surface area (Å²) in [6.07, 6.45) is 1.59. The van der Waals surface area contributed by atoms with Crippen LogP contribution >= 0.6 is 26.6 Å². The van der Waals surface area contributed by atoms with E-state index in [1.54, 1.807) is 18.3 Å². The van der Waals surface area contributed by atoms with Crippen molar-refractivity contribution in [3.05, 3.63) is 64.8 Å². The minimum absolute atomic E-state index is 0.150. The molecule has 3 rings (SSSR count). The van der Waals surface area contributed by atoms with Gasteiger partial charge in [-0.15, -0.1) is 0 Å². The molecule has 3 aromatic rings. The average molecular weight is 385 g/mol. The Bertz CT molecular complexity index is 901. The van der Waals surface area contributed by atoms with Gasteiger partial charge in [0.1, 0.15) is 4.90 Å². The van der Waals surface area contributed by atoms with Gasteiger partial charge in [-0.25, -0.2) is 8.42 Å². The van der Waals surface area contributed by atoms with Crippen LogP contribution in [0, 0.1) is 0 Å². The molecule has 3 nitrogen and oxygen atoms in total. The summed E-state index contributed by atoms with van der Waals surface area (Å²) in [5.74, 6) is 0. The molecule has 0 N–H and O–H groups in total. The zero-order chi connectivity index (χ0) is 15.0. The maximum absolute atomic E-state index is 11.7. The predicted molar refractivity (Wildman–Crippen MR) is 88.2 cm³/mol. The highest BCUT2D eigenvalue weighted by atomic mass is 79.9. The Hall–Kier alpha value is -1.30. The van der Waals surface area contributed by atoms with Crippen LogP contribution in [-0.4, -0.2) is 13.0 Å². The molecule has 0 radical (unpaired) electrons. The van der Waals surface area contributed by atoms with Crippen molar-refractivity contribution in [2.24, 2.45) is 0 Å². The maximum atomic E-state index is 11.7. The molecule has 0 aliphatic rings. The van der Waals surface area contributed by atoms with E-state index in [-0.39, 0.29) is 4.90 Å². The standard InChI is InChI=1S/C15H11BrClNO2S/c16-12-7-5-11(6-8-12)9-18-10-15(21(17,19)20)13-3-1-2-4-14(13)18/h1-8,10H,9H2. The van der Waals surface area contributed by atoms with E-state index < -0.39 is 9.05 Å². The molecule has 0 atom stereocenters. The Morgan fingerprint density at radius 1 is 1.05 bits per heavy atom. The highest BCUT2D eigenvalue weighted by Gasteiger charge is 2.18. The molecule has 0 unspecified atom stereocenters. The number of fused-ring (bicyclic) bond motifs is 1. The van der Waals surface area contributed by atoms with Crippen LogP contribution in [0.15, 0.2) is 64.1 Å². The highest BCUT2D eigenvalue weighted by molar-refractivity contribution is 9.10. The van der Waals surface area contributed by atoms with Crippen molar-refractivity contribution in [2.75, 3.05) is 0 Å². The topological polar surface area (TPSA) is 39.1 Å². The molecule has 0 spiro atoms. The number of hydrogen-bond acceptors (Lipinski definition) is 2. The number of hydrogen-bond donors (Lipinski definition) is 0. The predicted octanol–water partition coefficient (Wildman–Crippen LogP) is 4.38. The average Bonchev–Trinajstić information content (AvgIpc) is 2.81. The Kier molecular flexibility index (Phi) is 3.82. The molecular formula is C15H11BrClNO2S. The molecule has 0 saturated heterocycles. The third kappa shape index (κ3) is 3.00. The zero-order valence-corrected chi connectivity index (χ0v) is 14.0. The quantitative estimate of drug-likeness (QED) is 0.629. The third-order valence-corrected chi connectivity index (χ3v) is 5.16. The smallest absolute Gasteiger partial charge is 0.263 e. The van der Waals surface area contributed by atoms with Crippen molar-refractivity contribution in [3.63, 3.8) is 0 Å². The Morgan fingerprint density at radius 3 is 2.38 bits per heavy atom. The number of benzene rings is 2. The fraction of sp³-hybridized carbons (Fsp3) is 0.0667. The van der Waals surface area contributed by atoms with Crippen molar-refractivity contribution in [1.29, 1.82) is 0 Å². The first-order valence-electron chi connectivity index (χ1n) is 6.22. The summed E-state index contributed by atoms with van der Waals surface area (Å²) in [7, 11) is 1.76. The van der Waals surface area contributed by atoms with E-state index in [1.807, 2.05) is 41.0 Å². The second-order valence-corrected chi connectivity index (χ2v) is 8.15. The van der Waals surface area contributed by atoms with E-state index in [0.717, 1.165) is 15.6 Å². The van der Waals surface area contributed by atoms with Crippen LogP contribution in [0.4, 0.5) is 0 Å². The van der Waals surface area contributed by atoms with Crippen molar-refractivity contribution < 1.29 is 8.42 Å². The van der Waals surface area contributed by atoms with E-state index in [4.69, 9.17) is 10.7 Å². The molecule has 0 amide bonds. The molecule has 21 heavy (non-hydrogen) atoms. The number of aromatic nitrogens is 1. The largest absolute Gasteiger partial charge is 0.342 e. The summed E-state index contributed by atoms with van der Waals surface area (Å²) in [5.41, 5.74) is 1.93. The molecule has 0 fully saturated rings. The summed E-state index contributed by atoms with van der Waals surface area (Å²) in [5, 5.41) is 0.643. The van der Waals surface area contributed by atoms with E-state index in [9.17, 15) is 8.42 Å². The normalized spacial score (nSPS) is 11.9. The number of halogens is 2. The lowest BCUT2D eigenvalue weighted by molar-refractivity contribution is 0.610. The van der Waals surface area contributed by atoms with Crippen molar-refractivity contribution >= 4 is 46.6 Å². The second-order valence-electron chi connectivity index (χ2n) is 4.70. The summed E-state index contributed by atoms with van der Waals surface area (Å²) in [6.45, 7) is 0.584. The zero-order valence-electron chi connectivity index (χ0n) is 10.8. The van der Waals surface area contributed by atoms with E-state index >= 15 is 0 Å². The minimum Gasteiger partial charge on any atom is -0.342 e. The van der Waals surface area contributed by atoms with Crippen molar-refractivity contribution in [2.45, 2.75) is 11.4 Å². The first kappa shape index (κ1) is 14.6. The first-order valence-corrected chi connectivity index (χ1v) is 9.32. The van der Waals surface area contributed by atoms with Crippen LogP contribution in [0.2, 0.25) is 0 Å². The van der Waals surface area contributed by atoms with Crippen LogP contribution < -0.4 is 0 Å². The summed E-state index contributed by atoms with van der Waals surface area (Å²) < 4.78 is 26.3. The van der Waals surface area contributed by atoms with Gasteiger partial charge < -0.3 is 4.57 Å². The van der Waals surface area contributed by atoms with Crippen LogP contribution in [-0.2, 0) is 15.6 Å². The van der Waals surface area contributed by atoms with Gasteiger partial charge in [0, 0.05) is 38.8 Å². The van der Waals surface area contributed by atoms with Gasteiger partial charge in [-0.3, -0.25) is 0 Å². The van der Waals surface area contributed by atoms with Gasteiger partial charge >= 0.3 is 0 Å². The highest BCUT2D eigenvalue weighted by Crippen LogP contribution is 2.28. The molecule has 1 aromatic heterocycles. The van der Waals surface area contributed by atoms with Crippen LogP contribution in [0.1, 0.15) is 5.56 Å². The minimum atomic E-state index is -3.76. The lowest BCUT2D eigenvalue weighted by Gasteiger charge is -2.05. The molecule has 108 valence electrons. The van der Waals surface area contributed by atoms with Crippen LogP contribution in [0.25, 0.3) is 10.9 Å². The second kappa shape index (κ2) is 5.48. The number of para-hydroxylation sites is 1. The summed E-state index contributed by atoms with van der Waals surface area (Å²) >= 11 is 3.40. The number of rotatable bonds is 3. The van der Waals surface area contributed by atoms with E-state index in [0.29, 0.717) is 11.9 Å². The van der Waals surface area contributed by atoms with Crippen molar-refractivity contribution in [3.8, 4) is 0 Å². The Morgan fingerprint density at radius 2 is 1.71 bits per heavy atom. The van der Waals surface area contributed by atoms with Gasteiger partial charge in [-0.05, 0) is 23.8 Å². The van der Waals surface area contributed by atoms with Crippen molar-refractivity contribution in [1.82, 2.24) is 4.57 Å². The molecule has 0 aliphatic carbocycles. The Balaban J connectivity index is 2.13. The lowest BCUT2D eigenvalue weighted by Crippen LogP contribution is -1.97. The molecule has 0 bridgehead atoms. The van der Waals surface area contributed by atoms with Gasteiger partial charge in [0.2, 0.25) is 0 Å². The van der Waals surface area contributed by atoms with Gasteiger partial charge in [-0.2, -0.15) is 0 Å². The van der Waals surface area contributed by atoms with Gasteiger partial charge in [0.15, 0.2) is 0 Å². The fourth-order valence-corrected chi connectivity index (χ4v) is 3.65. The SMILES string of the molecule is O=S(=O)(Cl)c1cn(Cc2ccc(Br)cc2)c2ccccc12. The number of nitrogens with zero attached hydrogens (tertiary/aromatic N) is 1. The maximum Gasteiger partial charge on any atom is 0.263 e. The summed E-state index contributed by atoms with van der Waals surface area (Å²) in [4.78, 5) is 0.150. The Labute approximate surface area is 135 Å². The molecule has 2 aromatic carbocycles. The van der Waals surface area contributed by atoms with Crippen LogP contribution in [0.5, 0.6) is 0 Å². The molecule has 0 saturated carbocycles. The first-order chi connectivity index (χ1) is 9.95. The van der Waals surface area contributed by atoms with Gasteiger partial charge in [-0.1, -0.05) is 46.3 Å². The van der Waals surface area contributed by atoms with E-state index in [2.05, 4.69) is 15.9 Å². The van der Waals surface area contributed by atoms with E-state index in [1.165, 1.54) is 0 Å². The molecule has 1 heterocycles. The van der Waals surface area contributed by atoms with Gasteiger partial charge in [0.25, 0.3) is 9.05 Å². The van der Waals surface area contributed by atoms with Gasteiger partial charge in [0.05, 0.1) is 0 Å². The fourth-order valence-electron chi connectivity index (χ4n) is 2.32. The molecular weight excluding hydrogens is 374 g/mol. The molecule has 0 aliphatic heterocycles. The third-order valence-electron chi connectivity index (χ3n) is 3.28. The lowest BCUT2D eigenvalue weighted by atomic mass is 10.2.